The molecule has 0 fully saturated rings. The van der Waals surface area contributed by atoms with Gasteiger partial charge in [0.25, 0.3) is 0 Å². The van der Waals surface area contributed by atoms with Gasteiger partial charge in [-0.1, -0.05) is 12.1 Å². The summed E-state index contributed by atoms with van der Waals surface area (Å²) in [6.45, 7) is 1.98. The lowest BCUT2D eigenvalue weighted by atomic mass is 10.3. The monoisotopic (exact) mass is 263 g/mol. The number of hydrogen-bond donors (Lipinski definition) is 0. The first-order valence-corrected chi connectivity index (χ1v) is 5.68. The normalized spacial score (nSPS) is 10.0. The van der Waals surface area contributed by atoms with Crippen molar-refractivity contribution < 1.29 is 23.4 Å². The summed E-state index contributed by atoms with van der Waals surface area (Å²) in [6, 6.07) is 7.04. The lowest BCUT2D eigenvalue weighted by Crippen LogP contribution is -2.04. The molecule has 1 aromatic carbocycles. The Bertz CT molecular complexity index is 564. The topological polar surface area (TPSA) is 70.8 Å². The number of aromatic nitrogens is 1. The molecule has 0 aliphatic rings. The number of nitrogens with zero attached hydrogens (tertiary/aromatic N) is 1. The maximum absolute atomic E-state index is 11.4. The molecular formula is C13H13NO5. The number of oxazole rings is 1. The molecule has 0 aliphatic carbocycles. The SMILES string of the molecule is CCOC(=O)c1coc(Oc2ccccc2OC)n1. The van der Waals surface area contributed by atoms with Crippen LogP contribution < -0.4 is 9.47 Å². The lowest BCUT2D eigenvalue weighted by molar-refractivity contribution is 0.0519. The average Bonchev–Trinajstić information content (AvgIpc) is 2.88. The van der Waals surface area contributed by atoms with Crippen LogP contribution in [0.15, 0.2) is 34.9 Å². The zero-order valence-corrected chi connectivity index (χ0v) is 10.6. The van der Waals surface area contributed by atoms with Gasteiger partial charge in [0.15, 0.2) is 17.2 Å². The van der Waals surface area contributed by atoms with Crippen molar-refractivity contribution in [2.45, 2.75) is 6.92 Å². The molecule has 2 aromatic rings. The van der Waals surface area contributed by atoms with E-state index in [4.69, 9.17) is 18.6 Å². The van der Waals surface area contributed by atoms with Crippen LogP contribution in [0.2, 0.25) is 0 Å². The third kappa shape index (κ3) is 3.04. The minimum absolute atomic E-state index is 0.0486. The Labute approximate surface area is 109 Å². The lowest BCUT2D eigenvalue weighted by Gasteiger charge is -2.05. The molecule has 100 valence electrons. The molecular weight excluding hydrogens is 250 g/mol. The van der Waals surface area contributed by atoms with E-state index >= 15 is 0 Å². The minimum atomic E-state index is -0.555. The second-order valence-corrected chi connectivity index (χ2v) is 3.47. The van der Waals surface area contributed by atoms with Gasteiger partial charge in [-0.15, -0.1) is 0 Å². The molecule has 0 saturated carbocycles. The van der Waals surface area contributed by atoms with Crippen molar-refractivity contribution in [3.05, 3.63) is 36.2 Å². The predicted molar refractivity (Wildman–Crippen MR) is 65.5 cm³/mol. The van der Waals surface area contributed by atoms with Crippen LogP contribution >= 0.6 is 0 Å². The number of methoxy groups -OCH3 is 1. The van der Waals surface area contributed by atoms with Crippen LogP contribution in [0, 0.1) is 0 Å². The summed E-state index contributed by atoms with van der Waals surface area (Å²) < 4.78 is 20.4. The number of rotatable bonds is 5. The van der Waals surface area contributed by atoms with E-state index in [0.29, 0.717) is 11.5 Å². The molecule has 19 heavy (non-hydrogen) atoms. The number of hydrogen-bond acceptors (Lipinski definition) is 6. The van der Waals surface area contributed by atoms with Crippen LogP contribution in [0.1, 0.15) is 17.4 Å². The van der Waals surface area contributed by atoms with Crippen molar-refractivity contribution in [2.75, 3.05) is 13.7 Å². The highest BCUT2D eigenvalue weighted by Crippen LogP contribution is 2.30. The highest BCUT2D eigenvalue weighted by Gasteiger charge is 2.15. The first kappa shape index (κ1) is 12.9. The van der Waals surface area contributed by atoms with Crippen LogP contribution in [0.4, 0.5) is 0 Å². The Kier molecular flexibility index (Phi) is 4.02. The summed E-state index contributed by atoms with van der Waals surface area (Å²) in [5, 5.41) is 0. The molecule has 0 radical (unpaired) electrons. The highest BCUT2D eigenvalue weighted by molar-refractivity contribution is 5.86. The molecule has 0 aliphatic heterocycles. The van der Waals surface area contributed by atoms with Crippen LogP contribution in [-0.2, 0) is 4.74 Å². The number of para-hydroxylation sites is 2. The Morgan fingerprint density at radius 1 is 1.32 bits per heavy atom. The molecule has 6 nitrogen and oxygen atoms in total. The van der Waals surface area contributed by atoms with Gasteiger partial charge in [-0.2, -0.15) is 4.98 Å². The molecule has 0 bridgehead atoms. The quantitative estimate of drug-likeness (QED) is 0.772. The smallest absolute Gasteiger partial charge is 0.400 e. The van der Waals surface area contributed by atoms with Crippen molar-refractivity contribution in [3.63, 3.8) is 0 Å². The van der Waals surface area contributed by atoms with E-state index in [1.807, 2.05) is 6.07 Å². The van der Waals surface area contributed by atoms with Gasteiger partial charge in [-0.05, 0) is 19.1 Å². The van der Waals surface area contributed by atoms with E-state index < -0.39 is 5.97 Å². The third-order valence-corrected chi connectivity index (χ3v) is 2.23. The van der Waals surface area contributed by atoms with Gasteiger partial charge in [0.05, 0.1) is 13.7 Å². The second-order valence-electron chi connectivity index (χ2n) is 3.47. The Balaban J connectivity index is 2.13. The molecule has 6 heteroatoms. The van der Waals surface area contributed by atoms with Crippen molar-refractivity contribution >= 4 is 5.97 Å². The molecule has 0 saturated heterocycles. The van der Waals surface area contributed by atoms with Crippen LogP contribution in [0.25, 0.3) is 0 Å². The van der Waals surface area contributed by atoms with E-state index in [1.54, 1.807) is 25.1 Å². The largest absolute Gasteiger partial charge is 0.493 e. The minimum Gasteiger partial charge on any atom is -0.493 e. The van der Waals surface area contributed by atoms with E-state index in [2.05, 4.69) is 4.98 Å². The number of carbonyl (C=O) groups is 1. The molecule has 0 N–H and O–H groups in total. The third-order valence-electron chi connectivity index (χ3n) is 2.23. The van der Waals surface area contributed by atoms with Crippen molar-refractivity contribution in [2.24, 2.45) is 0 Å². The zero-order valence-electron chi connectivity index (χ0n) is 10.6. The summed E-state index contributed by atoms with van der Waals surface area (Å²) in [5.74, 6) is 0.432. The Morgan fingerprint density at radius 3 is 2.74 bits per heavy atom. The van der Waals surface area contributed by atoms with Crippen molar-refractivity contribution in [3.8, 4) is 17.6 Å². The van der Waals surface area contributed by atoms with Gasteiger partial charge in [0.1, 0.15) is 6.26 Å². The molecule has 2 rings (SSSR count). The maximum Gasteiger partial charge on any atom is 0.400 e. The summed E-state index contributed by atoms with van der Waals surface area (Å²) in [4.78, 5) is 15.3. The number of ether oxygens (including phenoxy) is 3. The van der Waals surface area contributed by atoms with Gasteiger partial charge in [0, 0.05) is 0 Å². The summed E-state index contributed by atoms with van der Waals surface area (Å²) >= 11 is 0. The number of benzene rings is 1. The zero-order chi connectivity index (χ0) is 13.7. The fourth-order valence-corrected chi connectivity index (χ4v) is 1.40. The molecule has 1 heterocycles. The summed E-state index contributed by atoms with van der Waals surface area (Å²) in [6.07, 6.45) is 1.13. The van der Waals surface area contributed by atoms with E-state index in [9.17, 15) is 4.79 Å². The van der Waals surface area contributed by atoms with Crippen molar-refractivity contribution in [1.29, 1.82) is 0 Å². The van der Waals surface area contributed by atoms with Gasteiger partial charge < -0.3 is 18.6 Å². The van der Waals surface area contributed by atoms with E-state index in [-0.39, 0.29) is 18.4 Å². The number of carbonyl (C=O) groups excluding carboxylic acids is 1. The first-order chi connectivity index (χ1) is 9.24. The maximum atomic E-state index is 11.4. The Morgan fingerprint density at radius 2 is 2.05 bits per heavy atom. The van der Waals surface area contributed by atoms with Crippen molar-refractivity contribution in [1.82, 2.24) is 4.98 Å². The van der Waals surface area contributed by atoms with Gasteiger partial charge in [0.2, 0.25) is 0 Å². The fourth-order valence-electron chi connectivity index (χ4n) is 1.40. The Hall–Kier alpha value is -2.50. The standard InChI is InChI=1S/C13H13NO5/c1-3-17-12(15)9-8-18-13(14-9)19-11-7-5-4-6-10(11)16-2/h4-8H,3H2,1-2H3. The second kappa shape index (κ2) is 5.90. The highest BCUT2D eigenvalue weighted by atomic mass is 16.6. The number of esters is 1. The molecule has 0 atom stereocenters. The van der Waals surface area contributed by atoms with Crippen LogP contribution in [-0.4, -0.2) is 24.7 Å². The van der Waals surface area contributed by atoms with Crippen LogP contribution in [0.3, 0.4) is 0 Å². The van der Waals surface area contributed by atoms with E-state index in [0.717, 1.165) is 0 Å². The molecule has 1 aromatic heterocycles. The molecule has 0 spiro atoms. The van der Waals surface area contributed by atoms with Gasteiger partial charge in [-0.25, -0.2) is 4.79 Å². The van der Waals surface area contributed by atoms with Crippen LogP contribution in [0.5, 0.6) is 17.6 Å². The summed E-state index contributed by atoms with van der Waals surface area (Å²) in [7, 11) is 1.53. The van der Waals surface area contributed by atoms with Gasteiger partial charge >= 0.3 is 12.0 Å². The molecule has 0 amide bonds. The fraction of sp³-hybridized carbons (Fsp3) is 0.231. The first-order valence-electron chi connectivity index (χ1n) is 5.68. The van der Waals surface area contributed by atoms with Gasteiger partial charge in [-0.3, -0.25) is 0 Å². The van der Waals surface area contributed by atoms with E-state index in [1.165, 1.54) is 13.4 Å². The average molecular weight is 263 g/mol. The molecule has 0 unspecified atom stereocenters. The predicted octanol–water partition coefficient (Wildman–Crippen LogP) is 2.65. The summed E-state index contributed by atoms with van der Waals surface area (Å²) in [5.41, 5.74) is 0.0618.